The minimum atomic E-state index is 0. The van der Waals surface area contributed by atoms with E-state index in [1.165, 1.54) is 10.8 Å². The lowest BCUT2D eigenvalue weighted by Crippen LogP contribution is -2.22. The average Bonchev–Trinajstić information content (AvgIpc) is 2.45. The van der Waals surface area contributed by atoms with Gasteiger partial charge in [-0.15, -0.1) is 12.4 Å². The number of benzene rings is 2. The highest BCUT2D eigenvalue weighted by molar-refractivity contribution is 5.85. The van der Waals surface area contributed by atoms with Gasteiger partial charge in [0.05, 0.1) is 6.10 Å². The first-order valence-corrected chi connectivity index (χ1v) is 7.13. The Morgan fingerprint density at radius 1 is 1.05 bits per heavy atom. The maximum Gasteiger partial charge on any atom is 0.120 e. The van der Waals surface area contributed by atoms with E-state index in [1.807, 2.05) is 7.05 Å². The van der Waals surface area contributed by atoms with Gasteiger partial charge in [-0.05, 0) is 49.3 Å². The molecule has 0 saturated heterocycles. The predicted molar refractivity (Wildman–Crippen MR) is 89.1 cm³/mol. The summed E-state index contributed by atoms with van der Waals surface area (Å²) in [6.07, 6.45) is 3.62. The SMILES string of the molecule is CCC[C@@H](CCNC)Oc1ccc2ccccc2c1.Cl. The number of nitrogens with one attached hydrogen (secondary N) is 1. The van der Waals surface area contributed by atoms with Gasteiger partial charge in [-0.25, -0.2) is 0 Å². The lowest BCUT2D eigenvalue weighted by molar-refractivity contribution is 0.180. The zero-order chi connectivity index (χ0) is 13.5. The normalized spacial score (nSPS) is 11.9. The third-order valence-corrected chi connectivity index (χ3v) is 3.35. The molecule has 2 nitrogen and oxygen atoms in total. The van der Waals surface area contributed by atoms with E-state index >= 15 is 0 Å². The molecule has 1 atom stereocenters. The van der Waals surface area contributed by atoms with E-state index in [-0.39, 0.29) is 12.4 Å². The molecular weight excluding hydrogens is 270 g/mol. The number of hydrogen-bond donors (Lipinski definition) is 1. The molecule has 0 aliphatic carbocycles. The van der Waals surface area contributed by atoms with Gasteiger partial charge in [-0.2, -0.15) is 0 Å². The summed E-state index contributed by atoms with van der Waals surface area (Å²) < 4.78 is 6.13. The molecule has 0 amide bonds. The van der Waals surface area contributed by atoms with Gasteiger partial charge < -0.3 is 10.1 Å². The fraction of sp³-hybridized carbons (Fsp3) is 0.412. The van der Waals surface area contributed by atoms with Gasteiger partial charge in [0.15, 0.2) is 0 Å². The fourth-order valence-corrected chi connectivity index (χ4v) is 2.32. The van der Waals surface area contributed by atoms with E-state index in [0.717, 1.165) is 31.6 Å². The molecule has 0 heterocycles. The zero-order valence-corrected chi connectivity index (χ0v) is 13.1. The molecule has 0 saturated carbocycles. The lowest BCUT2D eigenvalue weighted by atomic mass is 10.1. The summed E-state index contributed by atoms with van der Waals surface area (Å²) in [5.41, 5.74) is 0. The van der Waals surface area contributed by atoms with E-state index in [0.29, 0.717) is 6.10 Å². The molecule has 0 aromatic heterocycles. The Morgan fingerprint density at radius 2 is 1.80 bits per heavy atom. The monoisotopic (exact) mass is 293 g/mol. The number of rotatable bonds is 7. The van der Waals surface area contributed by atoms with Crippen molar-refractivity contribution in [3.63, 3.8) is 0 Å². The lowest BCUT2D eigenvalue weighted by Gasteiger charge is -2.18. The van der Waals surface area contributed by atoms with Crippen LogP contribution in [0.4, 0.5) is 0 Å². The third kappa shape index (κ3) is 4.69. The molecular formula is C17H24ClNO. The van der Waals surface area contributed by atoms with Gasteiger partial charge in [-0.1, -0.05) is 43.7 Å². The Bertz CT molecular complexity index is 515. The molecule has 2 rings (SSSR count). The van der Waals surface area contributed by atoms with Crippen LogP contribution in [0.2, 0.25) is 0 Å². The van der Waals surface area contributed by atoms with Crippen LogP contribution in [0.3, 0.4) is 0 Å². The number of hydrogen-bond acceptors (Lipinski definition) is 2. The second kappa shape index (κ2) is 8.83. The molecule has 0 unspecified atom stereocenters. The molecule has 110 valence electrons. The molecule has 0 aliphatic heterocycles. The Morgan fingerprint density at radius 3 is 2.50 bits per heavy atom. The van der Waals surface area contributed by atoms with Crippen molar-refractivity contribution in [1.82, 2.24) is 5.32 Å². The molecule has 0 aliphatic rings. The maximum atomic E-state index is 6.13. The summed E-state index contributed by atoms with van der Waals surface area (Å²) in [4.78, 5) is 0. The first-order chi connectivity index (χ1) is 9.33. The zero-order valence-electron chi connectivity index (χ0n) is 12.3. The Kier molecular flexibility index (Phi) is 7.42. The van der Waals surface area contributed by atoms with Crippen LogP contribution in [0.25, 0.3) is 10.8 Å². The van der Waals surface area contributed by atoms with Crippen molar-refractivity contribution in [2.24, 2.45) is 0 Å². The van der Waals surface area contributed by atoms with Crippen molar-refractivity contribution in [3.05, 3.63) is 42.5 Å². The van der Waals surface area contributed by atoms with Crippen LogP contribution in [0, 0.1) is 0 Å². The smallest absolute Gasteiger partial charge is 0.120 e. The molecule has 20 heavy (non-hydrogen) atoms. The molecule has 1 N–H and O–H groups in total. The summed E-state index contributed by atoms with van der Waals surface area (Å²) in [5, 5.41) is 5.69. The Labute approximate surface area is 127 Å². The van der Waals surface area contributed by atoms with E-state index in [2.05, 4.69) is 54.7 Å². The van der Waals surface area contributed by atoms with Crippen LogP contribution in [-0.4, -0.2) is 19.7 Å². The second-order valence-corrected chi connectivity index (χ2v) is 4.93. The Hall–Kier alpha value is -1.25. The van der Waals surface area contributed by atoms with Gasteiger partial charge >= 0.3 is 0 Å². The summed E-state index contributed by atoms with van der Waals surface area (Å²) in [6, 6.07) is 14.7. The van der Waals surface area contributed by atoms with Gasteiger partial charge in [0.25, 0.3) is 0 Å². The summed E-state index contributed by atoms with van der Waals surface area (Å²) in [6.45, 7) is 3.20. The van der Waals surface area contributed by atoms with Gasteiger partial charge in [-0.3, -0.25) is 0 Å². The molecule has 2 aromatic rings. The van der Waals surface area contributed by atoms with Crippen molar-refractivity contribution in [1.29, 1.82) is 0 Å². The van der Waals surface area contributed by atoms with Crippen LogP contribution in [-0.2, 0) is 0 Å². The van der Waals surface area contributed by atoms with Crippen LogP contribution in [0.15, 0.2) is 42.5 Å². The van der Waals surface area contributed by atoms with Crippen molar-refractivity contribution < 1.29 is 4.74 Å². The minimum Gasteiger partial charge on any atom is -0.490 e. The van der Waals surface area contributed by atoms with Crippen molar-refractivity contribution in [2.75, 3.05) is 13.6 Å². The molecule has 0 spiro atoms. The summed E-state index contributed by atoms with van der Waals surface area (Å²) in [7, 11) is 1.99. The Balaban J connectivity index is 0.00000200. The second-order valence-electron chi connectivity index (χ2n) is 4.93. The highest BCUT2D eigenvalue weighted by Gasteiger charge is 2.09. The van der Waals surface area contributed by atoms with Crippen LogP contribution in [0.1, 0.15) is 26.2 Å². The number of fused-ring (bicyclic) bond motifs is 1. The van der Waals surface area contributed by atoms with E-state index in [1.54, 1.807) is 0 Å². The number of halogens is 1. The van der Waals surface area contributed by atoms with Gasteiger partial charge in [0.2, 0.25) is 0 Å². The van der Waals surface area contributed by atoms with E-state index in [4.69, 9.17) is 4.74 Å². The van der Waals surface area contributed by atoms with Crippen molar-refractivity contribution in [3.8, 4) is 5.75 Å². The van der Waals surface area contributed by atoms with E-state index in [9.17, 15) is 0 Å². The molecule has 0 fully saturated rings. The van der Waals surface area contributed by atoms with Crippen LogP contribution < -0.4 is 10.1 Å². The molecule has 0 radical (unpaired) electrons. The first kappa shape index (κ1) is 16.8. The van der Waals surface area contributed by atoms with Crippen LogP contribution >= 0.6 is 12.4 Å². The first-order valence-electron chi connectivity index (χ1n) is 7.13. The molecule has 2 aromatic carbocycles. The van der Waals surface area contributed by atoms with E-state index < -0.39 is 0 Å². The quantitative estimate of drug-likeness (QED) is 0.816. The third-order valence-electron chi connectivity index (χ3n) is 3.35. The van der Waals surface area contributed by atoms with Gasteiger partial charge in [0, 0.05) is 0 Å². The van der Waals surface area contributed by atoms with Crippen LogP contribution in [0.5, 0.6) is 5.75 Å². The van der Waals surface area contributed by atoms with Gasteiger partial charge in [0.1, 0.15) is 5.75 Å². The predicted octanol–water partition coefficient (Wildman–Crippen LogP) is 4.42. The standard InChI is InChI=1S/C17H23NO.ClH/c1-3-6-16(11-12-18-2)19-17-10-9-14-7-4-5-8-15(14)13-17;/h4-5,7-10,13,16,18H,3,6,11-12H2,1-2H3;1H/t16-;/m0./s1. The largest absolute Gasteiger partial charge is 0.490 e. The molecule has 3 heteroatoms. The topological polar surface area (TPSA) is 21.3 Å². The molecule has 0 bridgehead atoms. The minimum absolute atomic E-state index is 0. The van der Waals surface area contributed by atoms with Crippen molar-refractivity contribution in [2.45, 2.75) is 32.3 Å². The maximum absolute atomic E-state index is 6.13. The average molecular weight is 294 g/mol. The summed E-state index contributed by atoms with van der Waals surface area (Å²) >= 11 is 0. The fourth-order valence-electron chi connectivity index (χ4n) is 2.32. The highest BCUT2D eigenvalue weighted by atomic mass is 35.5. The highest BCUT2D eigenvalue weighted by Crippen LogP contribution is 2.22. The number of ether oxygens (including phenoxy) is 1. The summed E-state index contributed by atoms with van der Waals surface area (Å²) in [5.74, 6) is 0.980. The van der Waals surface area contributed by atoms with Crippen molar-refractivity contribution >= 4 is 23.2 Å².